The fourth-order valence-electron chi connectivity index (χ4n) is 1.84. The lowest BCUT2D eigenvalue weighted by Gasteiger charge is -2.11. The molecule has 2 aromatic carbocycles. The van der Waals surface area contributed by atoms with Crippen LogP contribution >= 0.6 is 0 Å². The van der Waals surface area contributed by atoms with Crippen LogP contribution in [0.5, 0.6) is 5.75 Å². The van der Waals surface area contributed by atoms with Gasteiger partial charge in [0.15, 0.2) is 0 Å². The second-order valence-corrected chi connectivity index (χ2v) is 4.19. The van der Waals surface area contributed by atoms with Crippen molar-refractivity contribution in [3.8, 4) is 11.8 Å². The van der Waals surface area contributed by atoms with Crippen LogP contribution < -0.4 is 15.8 Å². The SMILES string of the molecule is COc1cccc(F)c1C(=O)Nc1ccc(N)cc1C#N. The molecule has 0 spiro atoms. The van der Waals surface area contributed by atoms with Crippen molar-refractivity contribution < 1.29 is 13.9 Å². The van der Waals surface area contributed by atoms with E-state index >= 15 is 0 Å². The van der Waals surface area contributed by atoms with Gasteiger partial charge in [-0.3, -0.25) is 4.79 Å². The number of hydrogen-bond donors (Lipinski definition) is 2. The van der Waals surface area contributed by atoms with Gasteiger partial charge in [0, 0.05) is 5.69 Å². The Morgan fingerprint density at radius 3 is 2.81 bits per heavy atom. The molecule has 0 aliphatic heterocycles. The van der Waals surface area contributed by atoms with Crippen LogP contribution in [0.2, 0.25) is 0 Å². The Hall–Kier alpha value is -3.07. The molecule has 1 amide bonds. The molecule has 2 aromatic rings. The number of nitrogens with zero attached hydrogens (tertiary/aromatic N) is 1. The smallest absolute Gasteiger partial charge is 0.262 e. The third-order valence-corrected chi connectivity index (χ3v) is 2.83. The van der Waals surface area contributed by atoms with Gasteiger partial charge in [0.1, 0.15) is 23.2 Å². The molecule has 3 N–H and O–H groups in total. The van der Waals surface area contributed by atoms with Crippen LogP contribution in [0.1, 0.15) is 15.9 Å². The minimum Gasteiger partial charge on any atom is -0.496 e. The van der Waals surface area contributed by atoms with E-state index in [1.807, 2.05) is 6.07 Å². The standard InChI is InChI=1S/C15H12FN3O2/c1-21-13-4-2-3-11(16)14(13)15(20)19-12-6-5-10(18)7-9(12)8-17/h2-7H,18H2,1H3,(H,19,20). The predicted molar refractivity (Wildman–Crippen MR) is 76.5 cm³/mol. The summed E-state index contributed by atoms with van der Waals surface area (Å²) in [4.78, 5) is 12.2. The van der Waals surface area contributed by atoms with Gasteiger partial charge in [0.25, 0.3) is 5.91 Å². The number of nitrogens with two attached hydrogens (primary N) is 1. The number of nitrogens with one attached hydrogen (secondary N) is 1. The number of carbonyl (C=O) groups is 1. The molecule has 0 aliphatic rings. The Morgan fingerprint density at radius 1 is 1.38 bits per heavy atom. The van der Waals surface area contributed by atoms with Crippen LogP contribution in [0, 0.1) is 17.1 Å². The summed E-state index contributed by atoms with van der Waals surface area (Å²) in [6.45, 7) is 0. The number of methoxy groups -OCH3 is 1. The summed E-state index contributed by atoms with van der Waals surface area (Å²) >= 11 is 0. The van der Waals surface area contributed by atoms with E-state index in [0.717, 1.165) is 6.07 Å². The Kier molecular flexibility index (Phi) is 4.05. The lowest BCUT2D eigenvalue weighted by atomic mass is 10.1. The number of amides is 1. The van der Waals surface area contributed by atoms with Crippen molar-refractivity contribution in [3.05, 3.63) is 53.3 Å². The van der Waals surface area contributed by atoms with Gasteiger partial charge in [-0.15, -0.1) is 0 Å². The highest BCUT2D eigenvalue weighted by atomic mass is 19.1. The molecule has 0 bridgehead atoms. The molecule has 0 saturated carbocycles. The molecule has 0 aromatic heterocycles. The number of nitriles is 1. The molecule has 6 heteroatoms. The van der Waals surface area contributed by atoms with E-state index in [9.17, 15) is 9.18 Å². The third-order valence-electron chi connectivity index (χ3n) is 2.83. The summed E-state index contributed by atoms with van der Waals surface area (Å²) in [6.07, 6.45) is 0. The molecule has 0 fully saturated rings. The maximum absolute atomic E-state index is 13.8. The molecule has 106 valence electrons. The Labute approximate surface area is 120 Å². The van der Waals surface area contributed by atoms with Crippen molar-refractivity contribution in [3.63, 3.8) is 0 Å². The first kappa shape index (κ1) is 14.3. The van der Waals surface area contributed by atoms with Gasteiger partial charge in [-0.25, -0.2) is 4.39 Å². The van der Waals surface area contributed by atoms with Gasteiger partial charge >= 0.3 is 0 Å². The Balaban J connectivity index is 2.38. The zero-order chi connectivity index (χ0) is 15.4. The summed E-state index contributed by atoms with van der Waals surface area (Å²) in [5.74, 6) is -1.30. The van der Waals surface area contributed by atoms with Crippen LogP contribution in [-0.2, 0) is 0 Å². The number of hydrogen-bond acceptors (Lipinski definition) is 4. The molecule has 0 aliphatic carbocycles. The number of anilines is 2. The van der Waals surface area contributed by atoms with E-state index < -0.39 is 11.7 Å². The molecule has 0 atom stereocenters. The fraction of sp³-hybridized carbons (Fsp3) is 0.0667. The van der Waals surface area contributed by atoms with Crippen molar-refractivity contribution in [2.45, 2.75) is 0 Å². The summed E-state index contributed by atoms with van der Waals surface area (Å²) in [5.41, 5.74) is 6.19. The highest BCUT2D eigenvalue weighted by Crippen LogP contribution is 2.24. The van der Waals surface area contributed by atoms with Crippen molar-refractivity contribution in [1.82, 2.24) is 0 Å². The van der Waals surface area contributed by atoms with Gasteiger partial charge in [0.2, 0.25) is 0 Å². The second-order valence-electron chi connectivity index (χ2n) is 4.19. The molecular formula is C15H12FN3O2. The van der Waals surface area contributed by atoms with E-state index in [2.05, 4.69) is 5.32 Å². The van der Waals surface area contributed by atoms with Gasteiger partial charge < -0.3 is 15.8 Å². The van der Waals surface area contributed by atoms with E-state index in [1.54, 1.807) is 0 Å². The number of carbonyl (C=O) groups excluding carboxylic acids is 1. The largest absolute Gasteiger partial charge is 0.496 e. The molecular weight excluding hydrogens is 273 g/mol. The maximum atomic E-state index is 13.8. The lowest BCUT2D eigenvalue weighted by Crippen LogP contribution is -2.16. The topological polar surface area (TPSA) is 88.1 Å². The summed E-state index contributed by atoms with van der Waals surface area (Å²) in [6, 6.07) is 10.4. The average Bonchev–Trinajstić information content (AvgIpc) is 2.48. The molecule has 5 nitrogen and oxygen atoms in total. The number of benzene rings is 2. The molecule has 0 radical (unpaired) electrons. The first-order valence-electron chi connectivity index (χ1n) is 6.00. The van der Waals surface area contributed by atoms with Crippen molar-refractivity contribution in [2.75, 3.05) is 18.2 Å². The summed E-state index contributed by atoms with van der Waals surface area (Å²) < 4.78 is 18.8. The number of nitrogen functional groups attached to an aromatic ring is 1. The Morgan fingerprint density at radius 2 is 2.14 bits per heavy atom. The molecule has 21 heavy (non-hydrogen) atoms. The fourth-order valence-corrected chi connectivity index (χ4v) is 1.84. The molecule has 0 heterocycles. The van der Waals surface area contributed by atoms with E-state index in [0.29, 0.717) is 5.69 Å². The first-order valence-corrected chi connectivity index (χ1v) is 6.00. The highest BCUT2D eigenvalue weighted by molar-refractivity contribution is 6.07. The number of ether oxygens (including phenoxy) is 1. The van der Waals surface area contributed by atoms with Gasteiger partial charge in [-0.05, 0) is 30.3 Å². The summed E-state index contributed by atoms with van der Waals surface area (Å²) in [5, 5.41) is 11.5. The van der Waals surface area contributed by atoms with Crippen molar-refractivity contribution in [2.24, 2.45) is 0 Å². The monoisotopic (exact) mass is 285 g/mol. The van der Waals surface area contributed by atoms with Gasteiger partial charge in [-0.1, -0.05) is 6.07 Å². The second kappa shape index (κ2) is 5.92. The Bertz CT molecular complexity index is 738. The zero-order valence-electron chi connectivity index (χ0n) is 11.2. The number of rotatable bonds is 3. The lowest BCUT2D eigenvalue weighted by molar-refractivity contribution is 0.102. The normalized spacial score (nSPS) is 9.76. The van der Waals surface area contributed by atoms with Crippen LogP contribution in [0.25, 0.3) is 0 Å². The van der Waals surface area contributed by atoms with Crippen molar-refractivity contribution >= 4 is 17.3 Å². The minimum atomic E-state index is -0.708. The van der Waals surface area contributed by atoms with Crippen molar-refractivity contribution in [1.29, 1.82) is 5.26 Å². The van der Waals surface area contributed by atoms with E-state index in [1.165, 1.54) is 37.4 Å². The van der Waals surface area contributed by atoms with E-state index in [4.69, 9.17) is 15.7 Å². The minimum absolute atomic E-state index is 0.112. The molecule has 2 rings (SSSR count). The van der Waals surface area contributed by atoms with Gasteiger partial charge in [-0.2, -0.15) is 5.26 Å². The van der Waals surface area contributed by atoms with E-state index in [-0.39, 0.29) is 22.6 Å². The van der Waals surface area contributed by atoms with Crippen LogP contribution in [0.4, 0.5) is 15.8 Å². The quantitative estimate of drug-likeness (QED) is 0.848. The average molecular weight is 285 g/mol. The highest BCUT2D eigenvalue weighted by Gasteiger charge is 2.18. The molecule has 0 saturated heterocycles. The van der Waals surface area contributed by atoms with Crippen LogP contribution in [0.15, 0.2) is 36.4 Å². The maximum Gasteiger partial charge on any atom is 0.262 e. The van der Waals surface area contributed by atoms with Crippen LogP contribution in [-0.4, -0.2) is 13.0 Å². The molecule has 0 unspecified atom stereocenters. The van der Waals surface area contributed by atoms with Gasteiger partial charge in [0.05, 0.1) is 18.4 Å². The number of halogens is 1. The third kappa shape index (κ3) is 2.92. The van der Waals surface area contributed by atoms with Crippen LogP contribution in [0.3, 0.4) is 0 Å². The first-order chi connectivity index (χ1) is 10.1. The predicted octanol–water partition coefficient (Wildman–Crippen LogP) is 2.54. The zero-order valence-corrected chi connectivity index (χ0v) is 11.2. The summed E-state index contributed by atoms with van der Waals surface area (Å²) in [7, 11) is 1.34.